The lowest BCUT2D eigenvalue weighted by Gasteiger charge is -2.01. The van der Waals surface area contributed by atoms with Crippen molar-refractivity contribution < 1.29 is 0 Å². The van der Waals surface area contributed by atoms with E-state index in [1.54, 1.807) is 5.29 Å². The van der Waals surface area contributed by atoms with Crippen LogP contribution in [0, 0.1) is 4.91 Å². The van der Waals surface area contributed by atoms with Crippen LogP contribution in [-0.2, 0) is 12.8 Å². The zero-order chi connectivity index (χ0) is 12.3. The Kier molecular flexibility index (Phi) is 6.11. The number of aryl methyl sites for hydroxylation is 2. The van der Waals surface area contributed by atoms with Crippen LogP contribution in [0.15, 0.2) is 65.9 Å². The molecule has 2 aromatic rings. The fourth-order valence-corrected chi connectivity index (χ4v) is 1.58. The second-order valence-electron chi connectivity index (χ2n) is 3.58. The average molecular weight is 228 g/mol. The van der Waals surface area contributed by atoms with Gasteiger partial charge in [0.15, 0.2) is 0 Å². The van der Waals surface area contributed by atoms with Gasteiger partial charge in [0.2, 0.25) is 0 Å². The number of nitroso groups, excluding NO2 is 1. The fourth-order valence-electron chi connectivity index (χ4n) is 1.58. The van der Waals surface area contributed by atoms with Gasteiger partial charge in [0.25, 0.3) is 0 Å². The molecule has 0 aromatic heterocycles. The van der Waals surface area contributed by atoms with Gasteiger partial charge in [-0.3, -0.25) is 5.84 Å². The summed E-state index contributed by atoms with van der Waals surface area (Å²) in [5.41, 5.74) is 2.83. The highest BCUT2D eigenvalue weighted by Gasteiger charge is 1.93. The molecule has 0 atom stereocenters. The van der Waals surface area contributed by atoms with Crippen LogP contribution < -0.4 is 5.84 Å². The number of nitrogens with two attached hydrogens (primary N) is 1. The van der Waals surface area contributed by atoms with Gasteiger partial charge in [-0.1, -0.05) is 60.7 Å². The van der Waals surface area contributed by atoms with Crippen molar-refractivity contribution in [3.05, 3.63) is 76.7 Å². The summed E-state index contributed by atoms with van der Waals surface area (Å²) in [6.07, 6.45) is 2.26. The molecule has 0 aliphatic carbocycles. The van der Waals surface area contributed by atoms with Crippen LogP contribution >= 0.6 is 0 Å². The van der Waals surface area contributed by atoms with E-state index >= 15 is 0 Å². The number of hydrogen-bond donors (Lipinski definition) is 1. The molecule has 3 nitrogen and oxygen atoms in total. The summed E-state index contributed by atoms with van der Waals surface area (Å²) < 4.78 is 0. The van der Waals surface area contributed by atoms with E-state index < -0.39 is 0 Å². The second-order valence-corrected chi connectivity index (χ2v) is 3.58. The van der Waals surface area contributed by atoms with Gasteiger partial charge in [-0.05, 0) is 24.0 Å². The normalized spacial score (nSPS) is 8.94. The van der Waals surface area contributed by atoms with Crippen LogP contribution in [0.5, 0.6) is 0 Å². The monoisotopic (exact) mass is 228 g/mol. The molecule has 0 fully saturated rings. The fraction of sp³-hybridized carbons (Fsp3) is 0.143. The van der Waals surface area contributed by atoms with E-state index in [2.05, 4.69) is 66.5 Å². The Morgan fingerprint density at radius 2 is 1.06 bits per heavy atom. The van der Waals surface area contributed by atoms with Crippen molar-refractivity contribution in [2.45, 2.75) is 12.8 Å². The molecule has 0 aliphatic rings. The SMILES string of the molecule is NN=O.c1ccc(CCc2ccccc2)cc1. The Hall–Kier alpha value is -2.16. The molecular formula is C14H16N2O. The van der Waals surface area contributed by atoms with E-state index in [1.165, 1.54) is 11.1 Å². The standard InChI is InChI=1S/C14H14.H2N2O/c1-3-7-13(8-4-1)11-12-14-9-5-2-6-10-14;1-2-3/h1-10H,11-12H2;(H2,1,3). The third-order valence-corrected chi connectivity index (χ3v) is 2.39. The molecule has 88 valence electrons. The third-order valence-electron chi connectivity index (χ3n) is 2.39. The summed E-state index contributed by atoms with van der Waals surface area (Å²) >= 11 is 0. The van der Waals surface area contributed by atoms with Crippen molar-refractivity contribution in [1.82, 2.24) is 0 Å². The molecule has 2 rings (SSSR count). The zero-order valence-corrected chi connectivity index (χ0v) is 9.62. The topological polar surface area (TPSA) is 55.4 Å². The molecule has 3 heteroatoms. The summed E-state index contributed by atoms with van der Waals surface area (Å²) in [7, 11) is 0. The van der Waals surface area contributed by atoms with Crippen molar-refractivity contribution in [3.63, 3.8) is 0 Å². The molecular weight excluding hydrogens is 212 g/mol. The quantitative estimate of drug-likeness (QED) is 0.498. The second kappa shape index (κ2) is 8.05. The Morgan fingerprint density at radius 3 is 1.35 bits per heavy atom. The highest BCUT2D eigenvalue weighted by atomic mass is 16.3. The Morgan fingerprint density at radius 1 is 0.765 bits per heavy atom. The molecule has 17 heavy (non-hydrogen) atoms. The number of nitrogens with zero attached hydrogens (tertiary/aromatic N) is 1. The van der Waals surface area contributed by atoms with Crippen LogP contribution in [0.4, 0.5) is 0 Å². The van der Waals surface area contributed by atoms with E-state index in [1.807, 2.05) is 0 Å². The first kappa shape index (κ1) is 12.9. The van der Waals surface area contributed by atoms with Crippen LogP contribution in [0.1, 0.15) is 11.1 Å². The third kappa shape index (κ3) is 5.47. The molecule has 0 amide bonds. The minimum Gasteiger partial charge on any atom is -0.287 e. The van der Waals surface area contributed by atoms with Gasteiger partial charge in [-0.2, -0.15) is 0 Å². The predicted molar refractivity (Wildman–Crippen MR) is 70.3 cm³/mol. The van der Waals surface area contributed by atoms with Crippen molar-refractivity contribution in [3.8, 4) is 0 Å². The Labute approximate surface area is 101 Å². The lowest BCUT2D eigenvalue weighted by Crippen LogP contribution is -1.89. The number of benzene rings is 2. The summed E-state index contributed by atoms with van der Waals surface area (Å²) in [6.45, 7) is 0. The highest BCUT2D eigenvalue weighted by Crippen LogP contribution is 2.06. The van der Waals surface area contributed by atoms with Crippen molar-refractivity contribution >= 4 is 0 Å². The van der Waals surface area contributed by atoms with E-state index in [9.17, 15) is 0 Å². The summed E-state index contributed by atoms with van der Waals surface area (Å²) in [5, 5.41) is 1.75. The van der Waals surface area contributed by atoms with Gasteiger partial charge in [-0.25, -0.2) is 0 Å². The van der Waals surface area contributed by atoms with Gasteiger partial charge in [0.1, 0.15) is 0 Å². The summed E-state index contributed by atoms with van der Waals surface area (Å²) in [4.78, 5) is 8.33. The van der Waals surface area contributed by atoms with Crippen LogP contribution in [0.2, 0.25) is 0 Å². The highest BCUT2D eigenvalue weighted by molar-refractivity contribution is 5.19. The minimum atomic E-state index is 1.13. The van der Waals surface area contributed by atoms with Gasteiger partial charge in [0.05, 0.1) is 0 Å². The Bertz CT molecular complexity index is 375. The van der Waals surface area contributed by atoms with Crippen LogP contribution in [-0.4, -0.2) is 0 Å². The van der Waals surface area contributed by atoms with Crippen molar-refractivity contribution in [2.24, 2.45) is 11.1 Å². The maximum absolute atomic E-state index is 8.33. The van der Waals surface area contributed by atoms with Crippen molar-refractivity contribution in [2.75, 3.05) is 0 Å². The maximum atomic E-state index is 8.33. The lowest BCUT2D eigenvalue weighted by molar-refractivity contribution is 0.960. The van der Waals surface area contributed by atoms with Crippen LogP contribution in [0.25, 0.3) is 0 Å². The van der Waals surface area contributed by atoms with Crippen molar-refractivity contribution in [1.29, 1.82) is 0 Å². The predicted octanol–water partition coefficient (Wildman–Crippen LogP) is 3.10. The maximum Gasteiger partial charge on any atom is 0.0468 e. The van der Waals surface area contributed by atoms with E-state index in [-0.39, 0.29) is 0 Å². The molecule has 2 aromatic carbocycles. The molecule has 0 saturated heterocycles. The van der Waals surface area contributed by atoms with Crippen LogP contribution in [0.3, 0.4) is 0 Å². The smallest absolute Gasteiger partial charge is 0.0468 e. The van der Waals surface area contributed by atoms with E-state index in [0.717, 1.165) is 12.8 Å². The summed E-state index contributed by atoms with van der Waals surface area (Å²) in [5.74, 6) is 3.92. The number of rotatable bonds is 3. The van der Waals surface area contributed by atoms with Gasteiger partial charge in [-0.15, -0.1) is 4.91 Å². The van der Waals surface area contributed by atoms with E-state index in [4.69, 9.17) is 4.91 Å². The molecule has 0 bridgehead atoms. The van der Waals surface area contributed by atoms with E-state index in [0.29, 0.717) is 0 Å². The molecule has 0 spiro atoms. The van der Waals surface area contributed by atoms with Gasteiger partial charge < -0.3 is 0 Å². The summed E-state index contributed by atoms with van der Waals surface area (Å²) in [6, 6.07) is 21.2. The molecule has 0 radical (unpaired) electrons. The molecule has 2 N–H and O–H groups in total. The van der Waals surface area contributed by atoms with Gasteiger partial charge >= 0.3 is 0 Å². The first-order valence-electron chi connectivity index (χ1n) is 5.47. The first-order chi connectivity index (χ1) is 8.36. The zero-order valence-electron chi connectivity index (χ0n) is 9.62. The first-order valence-corrected chi connectivity index (χ1v) is 5.47. The molecule has 0 saturated carbocycles. The minimum absolute atomic E-state index is 1.13. The lowest BCUT2D eigenvalue weighted by atomic mass is 10.0. The largest absolute Gasteiger partial charge is 0.287 e. The molecule has 0 aliphatic heterocycles. The molecule has 0 unspecified atom stereocenters. The average Bonchev–Trinajstić information content (AvgIpc) is 2.40. The number of hydrogen-bond acceptors (Lipinski definition) is 2. The van der Waals surface area contributed by atoms with Gasteiger partial charge in [0, 0.05) is 5.29 Å². The Balaban J connectivity index is 0.000000437. The molecule has 0 heterocycles.